The normalized spacial score (nSPS) is 24.7. The third kappa shape index (κ3) is 3.77. The average molecular weight is 352 g/mol. The van der Waals surface area contributed by atoms with E-state index in [1.807, 2.05) is 0 Å². The van der Waals surface area contributed by atoms with Crippen LogP contribution in [0.1, 0.15) is 60.3 Å². The third-order valence-corrected chi connectivity index (χ3v) is 5.72. The average Bonchev–Trinajstić information content (AvgIpc) is 2.65. The second-order valence-corrected chi connectivity index (χ2v) is 7.44. The molecule has 1 aromatic carbocycles. The number of hydrogen-bond acceptors (Lipinski definition) is 3. The Hall–Kier alpha value is -1.89. The maximum Gasteiger partial charge on any atom is 0.159 e. The van der Waals surface area contributed by atoms with Gasteiger partial charge >= 0.3 is 0 Å². The van der Waals surface area contributed by atoms with Gasteiger partial charge < -0.3 is 9.47 Å². The standard InChI is InChI=1S/C23H28O3/c1-5-17-12-15(2)22(16(3)13-17)23(19-8-6-7-9-20(19)24)18-10-11-26-21(14-18)25-4/h1,8,12-13,18,21,23H,6-7,9-11,14H2,2-4H3. The molecule has 0 N–H and O–H groups in total. The molecule has 3 heteroatoms. The predicted molar refractivity (Wildman–Crippen MR) is 103 cm³/mol. The minimum absolute atomic E-state index is 0.0937. The second-order valence-electron chi connectivity index (χ2n) is 7.44. The molecule has 1 aliphatic carbocycles. The van der Waals surface area contributed by atoms with Crippen LogP contribution in [-0.4, -0.2) is 25.8 Å². The van der Waals surface area contributed by atoms with E-state index in [1.54, 1.807) is 7.11 Å². The summed E-state index contributed by atoms with van der Waals surface area (Å²) in [7, 11) is 1.69. The highest BCUT2D eigenvalue weighted by Gasteiger charge is 2.36. The zero-order valence-electron chi connectivity index (χ0n) is 16.0. The van der Waals surface area contributed by atoms with Gasteiger partial charge in [0.25, 0.3) is 0 Å². The summed E-state index contributed by atoms with van der Waals surface area (Å²) in [6.07, 6.45) is 11.9. The molecule has 1 aromatic rings. The fourth-order valence-electron chi connectivity index (χ4n) is 4.52. The van der Waals surface area contributed by atoms with Crippen LogP contribution in [0.2, 0.25) is 0 Å². The minimum Gasteiger partial charge on any atom is -0.356 e. The number of ether oxygens (including phenoxy) is 2. The summed E-state index contributed by atoms with van der Waals surface area (Å²) in [6, 6.07) is 4.13. The molecule has 26 heavy (non-hydrogen) atoms. The molecule has 0 amide bonds. The van der Waals surface area contributed by atoms with Crippen molar-refractivity contribution in [1.82, 2.24) is 0 Å². The van der Waals surface area contributed by atoms with E-state index in [0.717, 1.165) is 36.8 Å². The highest BCUT2D eigenvalue weighted by molar-refractivity contribution is 5.97. The van der Waals surface area contributed by atoms with Gasteiger partial charge in [-0.2, -0.15) is 0 Å². The summed E-state index contributed by atoms with van der Waals surface area (Å²) in [4.78, 5) is 12.8. The van der Waals surface area contributed by atoms with Crippen LogP contribution in [0.25, 0.3) is 0 Å². The molecule has 2 aliphatic rings. The fourth-order valence-corrected chi connectivity index (χ4v) is 4.52. The molecule has 3 rings (SSSR count). The number of ketones is 1. The van der Waals surface area contributed by atoms with E-state index in [4.69, 9.17) is 15.9 Å². The van der Waals surface area contributed by atoms with Crippen LogP contribution in [0, 0.1) is 32.1 Å². The van der Waals surface area contributed by atoms with E-state index in [9.17, 15) is 4.79 Å². The predicted octanol–water partition coefficient (Wildman–Crippen LogP) is 4.45. The molecule has 0 saturated carbocycles. The Kier molecular flexibility index (Phi) is 5.96. The summed E-state index contributed by atoms with van der Waals surface area (Å²) < 4.78 is 11.2. The minimum atomic E-state index is -0.193. The molecule has 0 aromatic heterocycles. The number of benzene rings is 1. The first-order chi connectivity index (χ1) is 12.5. The Morgan fingerprint density at radius 1 is 1.31 bits per heavy atom. The van der Waals surface area contributed by atoms with Crippen molar-refractivity contribution in [2.45, 2.75) is 58.2 Å². The van der Waals surface area contributed by atoms with Gasteiger partial charge in [0.2, 0.25) is 0 Å². The zero-order chi connectivity index (χ0) is 18.7. The highest BCUT2D eigenvalue weighted by Crippen LogP contribution is 2.43. The van der Waals surface area contributed by atoms with Crippen molar-refractivity contribution in [3.05, 3.63) is 46.0 Å². The zero-order valence-corrected chi connectivity index (χ0v) is 16.0. The molecule has 1 heterocycles. The van der Waals surface area contributed by atoms with Gasteiger partial charge in [-0.25, -0.2) is 0 Å². The number of allylic oxidation sites excluding steroid dienone is 2. The topological polar surface area (TPSA) is 35.5 Å². The summed E-state index contributed by atoms with van der Waals surface area (Å²) >= 11 is 0. The quantitative estimate of drug-likeness (QED) is 0.751. The lowest BCUT2D eigenvalue weighted by atomic mass is 9.71. The molecule has 0 radical (unpaired) electrons. The second kappa shape index (κ2) is 8.20. The number of hydrogen-bond donors (Lipinski definition) is 0. The monoisotopic (exact) mass is 352 g/mol. The maximum absolute atomic E-state index is 12.8. The molecule has 0 spiro atoms. The van der Waals surface area contributed by atoms with Crippen molar-refractivity contribution in [3.8, 4) is 12.3 Å². The summed E-state index contributed by atoms with van der Waals surface area (Å²) in [5, 5.41) is 0. The van der Waals surface area contributed by atoms with E-state index < -0.39 is 0 Å². The summed E-state index contributed by atoms with van der Waals surface area (Å²) in [5.41, 5.74) is 5.48. The van der Waals surface area contributed by atoms with E-state index in [2.05, 4.69) is 38.0 Å². The molecule has 1 saturated heterocycles. The van der Waals surface area contributed by atoms with Crippen molar-refractivity contribution < 1.29 is 14.3 Å². The number of methoxy groups -OCH3 is 1. The van der Waals surface area contributed by atoms with Gasteiger partial charge in [-0.15, -0.1) is 6.42 Å². The Morgan fingerprint density at radius 2 is 2.04 bits per heavy atom. The van der Waals surface area contributed by atoms with E-state index in [1.165, 1.54) is 16.7 Å². The Balaban J connectivity index is 2.08. The van der Waals surface area contributed by atoms with Gasteiger partial charge in [0.15, 0.2) is 12.1 Å². The lowest BCUT2D eigenvalue weighted by molar-refractivity contribution is -0.160. The SMILES string of the molecule is C#Cc1cc(C)c(C(C2=CCCCC2=O)C2CCOC(OC)C2)c(C)c1. The summed E-state index contributed by atoms with van der Waals surface area (Å²) in [5.74, 6) is 3.45. The number of carbonyl (C=O) groups is 1. The molecule has 138 valence electrons. The lowest BCUT2D eigenvalue weighted by Gasteiger charge is -2.37. The van der Waals surface area contributed by atoms with Gasteiger partial charge in [0.1, 0.15) is 0 Å². The van der Waals surface area contributed by atoms with Crippen molar-refractivity contribution in [1.29, 1.82) is 0 Å². The first kappa shape index (κ1) is 18.9. The molecule has 3 atom stereocenters. The van der Waals surface area contributed by atoms with Crippen LogP contribution in [0.3, 0.4) is 0 Å². The van der Waals surface area contributed by atoms with Gasteiger partial charge in [-0.3, -0.25) is 4.79 Å². The van der Waals surface area contributed by atoms with E-state index in [-0.39, 0.29) is 12.2 Å². The van der Waals surface area contributed by atoms with Crippen molar-refractivity contribution in [2.24, 2.45) is 5.92 Å². The maximum atomic E-state index is 12.8. The number of aryl methyl sites for hydroxylation is 2. The molecule has 0 bridgehead atoms. The van der Waals surface area contributed by atoms with Crippen molar-refractivity contribution in [2.75, 3.05) is 13.7 Å². The first-order valence-corrected chi connectivity index (χ1v) is 9.50. The highest BCUT2D eigenvalue weighted by atomic mass is 16.7. The van der Waals surface area contributed by atoms with Crippen LogP contribution >= 0.6 is 0 Å². The molecule has 3 unspecified atom stereocenters. The molecular weight excluding hydrogens is 324 g/mol. The number of Topliss-reactive ketones (excluding diaryl/α,β-unsaturated/α-hetero) is 1. The number of carbonyl (C=O) groups excluding carboxylic acids is 1. The molecule has 1 fully saturated rings. The van der Waals surface area contributed by atoms with E-state index in [0.29, 0.717) is 24.7 Å². The van der Waals surface area contributed by atoms with Gasteiger partial charge in [0.05, 0.1) is 6.61 Å². The van der Waals surface area contributed by atoms with Gasteiger partial charge in [-0.05, 0) is 73.4 Å². The molecule has 1 aliphatic heterocycles. The van der Waals surface area contributed by atoms with Crippen molar-refractivity contribution in [3.63, 3.8) is 0 Å². The van der Waals surface area contributed by atoms with Crippen LogP contribution < -0.4 is 0 Å². The third-order valence-electron chi connectivity index (χ3n) is 5.72. The fraction of sp³-hybridized carbons (Fsp3) is 0.522. The van der Waals surface area contributed by atoms with Crippen LogP contribution in [-0.2, 0) is 14.3 Å². The van der Waals surface area contributed by atoms with Gasteiger partial charge in [-0.1, -0.05) is 12.0 Å². The first-order valence-electron chi connectivity index (χ1n) is 9.50. The van der Waals surface area contributed by atoms with Gasteiger partial charge in [0, 0.05) is 31.4 Å². The Bertz CT molecular complexity index is 730. The van der Waals surface area contributed by atoms with Crippen molar-refractivity contribution >= 4 is 5.78 Å². The number of rotatable bonds is 4. The van der Waals surface area contributed by atoms with E-state index >= 15 is 0 Å². The van der Waals surface area contributed by atoms with Crippen LogP contribution in [0.5, 0.6) is 0 Å². The molecule has 3 nitrogen and oxygen atoms in total. The molecular formula is C23H28O3. The Morgan fingerprint density at radius 3 is 2.65 bits per heavy atom. The summed E-state index contributed by atoms with van der Waals surface area (Å²) in [6.45, 7) is 4.88. The Labute approximate surface area is 156 Å². The van der Waals surface area contributed by atoms with Crippen LogP contribution in [0.4, 0.5) is 0 Å². The number of terminal acetylenes is 1. The lowest BCUT2D eigenvalue weighted by Crippen LogP contribution is -2.33. The smallest absolute Gasteiger partial charge is 0.159 e. The van der Waals surface area contributed by atoms with Crippen LogP contribution in [0.15, 0.2) is 23.8 Å². The largest absolute Gasteiger partial charge is 0.356 e.